The summed E-state index contributed by atoms with van der Waals surface area (Å²) in [5.74, 6) is 1.09. The maximum atomic E-state index is 11.6. The Kier molecular flexibility index (Phi) is 6.97. The maximum absolute atomic E-state index is 11.6. The quantitative estimate of drug-likeness (QED) is 0.359. The fourth-order valence-corrected chi connectivity index (χ4v) is 3.97. The second-order valence-electron chi connectivity index (χ2n) is 7.84. The summed E-state index contributed by atoms with van der Waals surface area (Å²) in [5, 5.41) is 12.5. The number of methoxy groups -OCH3 is 1. The zero-order chi connectivity index (χ0) is 22.3. The minimum atomic E-state index is -0.382. The summed E-state index contributed by atoms with van der Waals surface area (Å²) < 4.78 is 11.3. The highest BCUT2D eigenvalue weighted by molar-refractivity contribution is 5.85. The molecule has 0 atom stereocenters. The van der Waals surface area contributed by atoms with Crippen LogP contribution in [0.15, 0.2) is 48.5 Å². The summed E-state index contributed by atoms with van der Waals surface area (Å²) in [6.45, 7) is 3.64. The van der Waals surface area contributed by atoms with Crippen LogP contribution in [-0.2, 0) is 0 Å². The van der Waals surface area contributed by atoms with Crippen LogP contribution in [0.3, 0.4) is 0 Å². The molecule has 1 aliphatic heterocycles. The van der Waals surface area contributed by atoms with E-state index in [2.05, 4.69) is 9.88 Å². The second kappa shape index (κ2) is 10.2. The lowest BCUT2D eigenvalue weighted by atomic mass is 10.1. The van der Waals surface area contributed by atoms with Gasteiger partial charge in [0.1, 0.15) is 12.4 Å². The van der Waals surface area contributed by atoms with Crippen molar-refractivity contribution in [2.45, 2.75) is 19.3 Å². The van der Waals surface area contributed by atoms with E-state index in [1.54, 1.807) is 31.4 Å². The fourth-order valence-electron chi connectivity index (χ4n) is 3.97. The lowest BCUT2D eigenvalue weighted by Gasteiger charge is -2.26. The van der Waals surface area contributed by atoms with E-state index in [-0.39, 0.29) is 10.6 Å². The van der Waals surface area contributed by atoms with Crippen LogP contribution in [0.25, 0.3) is 23.1 Å². The molecule has 7 nitrogen and oxygen atoms in total. The van der Waals surface area contributed by atoms with E-state index in [9.17, 15) is 10.1 Å². The maximum Gasteiger partial charge on any atom is 0.276 e. The summed E-state index contributed by atoms with van der Waals surface area (Å²) in [4.78, 5) is 18.1. The Balaban J connectivity index is 1.55. The smallest absolute Gasteiger partial charge is 0.276 e. The number of hydrogen-bond acceptors (Lipinski definition) is 6. The van der Waals surface area contributed by atoms with E-state index < -0.39 is 0 Å². The van der Waals surface area contributed by atoms with Crippen molar-refractivity contribution in [3.63, 3.8) is 0 Å². The van der Waals surface area contributed by atoms with Crippen molar-refractivity contribution in [3.05, 3.63) is 69.8 Å². The van der Waals surface area contributed by atoms with Crippen LogP contribution in [0, 0.1) is 10.1 Å². The third-order valence-corrected chi connectivity index (χ3v) is 5.67. The summed E-state index contributed by atoms with van der Waals surface area (Å²) in [6, 6.07) is 14.6. The number of likely N-dealkylation sites (tertiary alicyclic amines) is 1. The number of rotatable bonds is 8. The van der Waals surface area contributed by atoms with E-state index in [0.29, 0.717) is 23.8 Å². The largest absolute Gasteiger partial charge is 0.492 e. The molecule has 1 aliphatic rings. The van der Waals surface area contributed by atoms with Crippen LogP contribution in [0.4, 0.5) is 5.69 Å². The van der Waals surface area contributed by atoms with Crippen LogP contribution in [0.5, 0.6) is 11.6 Å². The number of piperidine rings is 1. The van der Waals surface area contributed by atoms with E-state index in [1.807, 2.05) is 30.3 Å². The number of aromatic nitrogens is 1. The van der Waals surface area contributed by atoms with Gasteiger partial charge in [0.05, 0.1) is 23.1 Å². The number of ether oxygens (including phenoxy) is 2. The minimum Gasteiger partial charge on any atom is -0.492 e. The van der Waals surface area contributed by atoms with Crippen molar-refractivity contribution in [2.24, 2.45) is 0 Å². The fraction of sp³-hybridized carbons (Fsp3) is 0.320. The van der Waals surface area contributed by atoms with Gasteiger partial charge >= 0.3 is 0 Å². The van der Waals surface area contributed by atoms with Crippen molar-refractivity contribution in [1.82, 2.24) is 9.88 Å². The molecule has 166 valence electrons. The summed E-state index contributed by atoms with van der Waals surface area (Å²) >= 11 is 0. The van der Waals surface area contributed by atoms with Crippen molar-refractivity contribution < 1.29 is 14.4 Å². The minimum absolute atomic E-state index is 0.0253. The Morgan fingerprint density at radius 1 is 1.06 bits per heavy atom. The first kappa shape index (κ1) is 21.8. The molecular formula is C25H27N3O4. The molecule has 0 radical (unpaired) electrons. The molecule has 2 heterocycles. The van der Waals surface area contributed by atoms with E-state index in [1.165, 1.54) is 25.3 Å². The van der Waals surface area contributed by atoms with Crippen LogP contribution in [-0.4, -0.2) is 48.2 Å². The SMILES string of the molecule is COc1nc2ccccc2cc1/C=C/c1cc(OCCN2CCCCC2)ccc1[N+](=O)[O-]. The van der Waals surface area contributed by atoms with Crippen LogP contribution in [0.1, 0.15) is 30.4 Å². The van der Waals surface area contributed by atoms with Crippen molar-refractivity contribution >= 4 is 28.7 Å². The van der Waals surface area contributed by atoms with Crippen LogP contribution < -0.4 is 9.47 Å². The first-order valence-corrected chi connectivity index (χ1v) is 10.9. The average molecular weight is 434 g/mol. The Morgan fingerprint density at radius 3 is 2.62 bits per heavy atom. The van der Waals surface area contributed by atoms with Crippen LogP contribution >= 0.6 is 0 Å². The van der Waals surface area contributed by atoms with Crippen LogP contribution in [0.2, 0.25) is 0 Å². The number of hydrogen-bond donors (Lipinski definition) is 0. The molecule has 0 N–H and O–H groups in total. The van der Waals surface area contributed by atoms with Gasteiger partial charge < -0.3 is 9.47 Å². The van der Waals surface area contributed by atoms with E-state index in [4.69, 9.17) is 9.47 Å². The van der Waals surface area contributed by atoms with Gasteiger partial charge in [-0.15, -0.1) is 0 Å². The molecule has 0 bridgehead atoms. The summed E-state index contributed by atoms with van der Waals surface area (Å²) in [7, 11) is 1.56. The van der Waals surface area contributed by atoms with Gasteiger partial charge in [-0.25, -0.2) is 4.98 Å². The molecule has 3 aromatic rings. The van der Waals surface area contributed by atoms with Gasteiger partial charge in [0.15, 0.2) is 0 Å². The average Bonchev–Trinajstić information content (AvgIpc) is 2.82. The summed E-state index contributed by atoms with van der Waals surface area (Å²) in [5.41, 5.74) is 2.08. The van der Waals surface area contributed by atoms with Gasteiger partial charge in [0.2, 0.25) is 5.88 Å². The van der Waals surface area contributed by atoms with Gasteiger partial charge in [0.25, 0.3) is 5.69 Å². The van der Waals surface area contributed by atoms with Crippen molar-refractivity contribution in [1.29, 1.82) is 0 Å². The first-order chi connectivity index (χ1) is 15.6. The number of nitro benzene ring substituents is 1. The highest BCUT2D eigenvalue weighted by Crippen LogP contribution is 2.28. The molecule has 0 amide bonds. The number of fused-ring (bicyclic) bond motifs is 1. The van der Waals surface area contributed by atoms with Gasteiger partial charge in [-0.1, -0.05) is 24.6 Å². The topological polar surface area (TPSA) is 77.7 Å². The highest BCUT2D eigenvalue weighted by Gasteiger charge is 2.14. The predicted octanol–water partition coefficient (Wildman–Crippen LogP) is 5.19. The van der Waals surface area contributed by atoms with Gasteiger partial charge in [0, 0.05) is 23.6 Å². The van der Waals surface area contributed by atoms with E-state index >= 15 is 0 Å². The molecule has 1 fully saturated rings. The Bertz CT molecular complexity index is 1120. The molecule has 0 saturated carbocycles. The number of para-hydroxylation sites is 1. The zero-order valence-electron chi connectivity index (χ0n) is 18.2. The predicted molar refractivity (Wildman–Crippen MR) is 126 cm³/mol. The van der Waals surface area contributed by atoms with Gasteiger partial charge in [-0.05, 0) is 62.3 Å². The third kappa shape index (κ3) is 5.23. The molecule has 32 heavy (non-hydrogen) atoms. The second-order valence-corrected chi connectivity index (χ2v) is 7.84. The molecule has 7 heteroatoms. The number of nitrogens with zero attached hydrogens (tertiary/aromatic N) is 3. The number of nitro groups is 1. The molecule has 2 aromatic carbocycles. The monoisotopic (exact) mass is 433 g/mol. The first-order valence-electron chi connectivity index (χ1n) is 10.9. The number of benzene rings is 2. The molecular weight excluding hydrogens is 406 g/mol. The molecule has 0 spiro atoms. The Morgan fingerprint density at radius 2 is 1.84 bits per heavy atom. The highest BCUT2D eigenvalue weighted by atomic mass is 16.6. The normalized spacial score (nSPS) is 14.7. The summed E-state index contributed by atoms with van der Waals surface area (Å²) in [6.07, 6.45) is 7.27. The molecule has 0 unspecified atom stereocenters. The molecule has 4 rings (SSSR count). The van der Waals surface area contributed by atoms with Crippen molar-refractivity contribution in [3.8, 4) is 11.6 Å². The number of pyridine rings is 1. The van der Waals surface area contributed by atoms with Crippen molar-refractivity contribution in [2.75, 3.05) is 33.4 Å². The van der Waals surface area contributed by atoms with Gasteiger partial charge in [-0.2, -0.15) is 0 Å². The van der Waals surface area contributed by atoms with E-state index in [0.717, 1.165) is 36.1 Å². The van der Waals surface area contributed by atoms with Gasteiger partial charge in [-0.3, -0.25) is 15.0 Å². The standard InChI is InChI=1S/C25H27N3O4/c1-31-25-21(17-19-7-3-4-8-23(19)26-25)10-9-20-18-22(11-12-24(20)28(29)30)32-16-15-27-13-5-2-6-14-27/h3-4,7-12,17-18H,2,5-6,13-16H2,1H3/b10-9+. The molecule has 1 saturated heterocycles. The zero-order valence-corrected chi connectivity index (χ0v) is 18.2. The lowest BCUT2D eigenvalue weighted by molar-refractivity contribution is -0.385. The Hall–Kier alpha value is -3.45. The molecule has 0 aliphatic carbocycles. The lowest BCUT2D eigenvalue weighted by Crippen LogP contribution is -2.33. The molecule has 1 aromatic heterocycles. The third-order valence-electron chi connectivity index (χ3n) is 5.67. The Labute approximate surface area is 187 Å².